The van der Waals surface area contributed by atoms with E-state index in [1.807, 2.05) is 59.7 Å². The van der Waals surface area contributed by atoms with Crippen molar-refractivity contribution in [3.8, 4) is 0 Å². The summed E-state index contributed by atoms with van der Waals surface area (Å²) in [5.74, 6) is 0. The molecule has 94 valence electrons. The van der Waals surface area contributed by atoms with E-state index in [4.69, 9.17) is 0 Å². The first-order valence-electron chi connectivity index (χ1n) is 6.36. The summed E-state index contributed by atoms with van der Waals surface area (Å²) in [5, 5.41) is 9.80. The van der Waals surface area contributed by atoms with Gasteiger partial charge in [-0.2, -0.15) is 0 Å². The van der Waals surface area contributed by atoms with Gasteiger partial charge in [-0.15, -0.1) is 0 Å². The van der Waals surface area contributed by atoms with Crippen LogP contribution in [0, 0.1) is 0 Å². The minimum atomic E-state index is -0.716. The van der Waals surface area contributed by atoms with Crippen LogP contribution >= 0.6 is 0 Å². The lowest BCUT2D eigenvalue weighted by Crippen LogP contribution is -2.17. The summed E-state index contributed by atoms with van der Waals surface area (Å²) < 4.78 is 0. The molecule has 1 nitrogen and oxygen atoms in total. The highest BCUT2D eigenvalue weighted by atomic mass is 16.3. The molecule has 0 spiro atoms. The Bertz CT molecular complexity index is 258. The molecule has 1 N–H and O–H groups in total. The van der Waals surface area contributed by atoms with Crippen LogP contribution in [-0.4, -0.2) is 5.11 Å². The van der Waals surface area contributed by atoms with E-state index in [1.54, 1.807) is 0 Å². The van der Waals surface area contributed by atoms with Gasteiger partial charge in [-0.3, -0.25) is 0 Å². The van der Waals surface area contributed by atoms with E-state index in [2.05, 4.69) is 13.0 Å². The number of hydrogen-bond acceptors (Lipinski definition) is 1. The average molecular weight is 224 g/mol. The van der Waals surface area contributed by atoms with Crippen molar-refractivity contribution < 1.29 is 5.11 Å². The highest BCUT2D eigenvalue weighted by molar-refractivity contribution is 5.31. The Balaban J connectivity index is 0. The maximum absolute atomic E-state index is 9.80. The van der Waals surface area contributed by atoms with Crippen molar-refractivity contribution in [2.45, 2.75) is 60.5 Å². The van der Waals surface area contributed by atoms with E-state index in [1.165, 1.54) is 5.56 Å². The van der Waals surface area contributed by atoms with Gasteiger partial charge in [0.2, 0.25) is 0 Å². The molecule has 0 atom stereocenters. The van der Waals surface area contributed by atoms with Gasteiger partial charge in [0.05, 0.1) is 5.60 Å². The van der Waals surface area contributed by atoms with Crippen LogP contribution < -0.4 is 0 Å². The zero-order valence-corrected chi connectivity index (χ0v) is 12.0. The smallest absolute Gasteiger partial charge is 0.0843 e. The fraction of sp³-hybridized carbons (Fsp3) is 0.600. The van der Waals surface area contributed by atoms with E-state index in [-0.39, 0.29) is 0 Å². The van der Waals surface area contributed by atoms with Gasteiger partial charge in [0, 0.05) is 0 Å². The molecule has 0 radical (unpaired) electrons. The van der Waals surface area contributed by atoms with E-state index in [9.17, 15) is 5.11 Å². The maximum atomic E-state index is 9.80. The lowest BCUT2D eigenvalue weighted by molar-refractivity contribution is 0.0777. The van der Waals surface area contributed by atoms with E-state index in [0.29, 0.717) is 0 Å². The second kappa shape index (κ2) is 9.41. The number of rotatable bonds is 2. The molecule has 0 aliphatic carbocycles. The lowest BCUT2D eigenvalue weighted by Gasteiger charge is -2.20. The molecule has 0 amide bonds. The summed E-state index contributed by atoms with van der Waals surface area (Å²) >= 11 is 0. The van der Waals surface area contributed by atoms with Gasteiger partial charge in [-0.1, -0.05) is 58.9 Å². The van der Waals surface area contributed by atoms with Crippen LogP contribution in [0.5, 0.6) is 0 Å². The quantitative estimate of drug-likeness (QED) is 0.782. The first-order valence-corrected chi connectivity index (χ1v) is 6.36. The molecule has 0 saturated heterocycles. The third-order valence-electron chi connectivity index (χ3n) is 2.06. The molecule has 0 heterocycles. The van der Waals surface area contributed by atoms with Crippen LogP contribution in [0.2, 0.25) is 0 Å². The van der Waals surface area contributed by atoms with Crippen molar-refractivity contribution in [1.29, 1.82) is 0 Å². The largest absolute Gasteiger partial charge is 0.386 e. The lowest BCUT2D eigenvalue weighted by atomic mass is 9.92. The Labute approximate surface area is 102 Å². The molecule has 1 aromatic carbocycles. The van der Waals surface area contributed by atoms with E-state index >= 15 is 0 Å². The molecule has 0 aliphatic rings. The summed E-state index contributed by atoms with van der Waals surface area (Å²) in [6, 6.07) is 8.02. The Morgan fingerprint density at radius 2 is 1.44 bits per heavy atom. The Hall–Kier alpha value is -0.820. The molecular weight excluding hydrogens is 196 g/mol. The van der Waals surface area contributed by atoms with Crippen LogP contribution in [0.15, 0.2) is 24.3 Å². The summed E-state index contributed by atoms with van der Waals surface area (Å²) in [6.07, 6.45) is 0.972. The molecule has 0 aliphatic heterocycles. The summed E-state index contributed by atoms with van der Waals surface area (Å²) in [6.45, 7) is 13.7. The van der Waals surface area contributed by atoms with E-state index < -0.39 is 5.60 Å². The molecule has 0 unspecified atom stereocenters. The predicted molar refractivity (Wildman–Crippen MR) is 73.8 cm³/mol. The monoisotopic (exact) mass is 224 g/mol. The van der Waals surface area contributed by atoms with Gasteiger partial charge in [-0.05, 0) is 31.4 Å². The van der Waals surface area contributed by atoms with Crippen molar-refractivity contribution in [2.75, 3.05) is 0 Å². The fourth-order valence-electron chi connectivity index (χ4n) is 1.43. The van der Waals surface area contributed by atoms with Crippen molar-refractivity contribution in [1.82, 2.24) is 0 Å². The first-order chi connectivity index (χ1) is 7.55. The zero-order chi connectivity index (χ0) is 13.2. The van der Waals surface area contributed by atoms with Gasteiger partial charge in [0.1, 0.15) is 0 Å². The van der Waals surface area contributed by atoms with Gasteiger partial charge in [0.25, 0.3) is 0 Å². The van der Waals surface area contributed by atoms with Gasteiger partial charge >= 0.3 is 0 Å². The fourth-order valence-corrected chi connectivity index (χ4v) is 1.43. The van der Waals surface area contributed by atoms with Crippen molar-refractivity contribution >= 4 is 0 Å². The first kappa shape index (κ1) is 17.6. The number of hydrogen-bond donors (Lipinski definition) is 1. The zero-order valence-electron chi connectivity index (χ0n) is 12.0. The van der Waals surface area contributed by atoms with Gasteiger partial charge < -0.3 is 5.11 Å². The summed E-state index contributed by atoms with van der Waals surface area (Å²) in [7, 11) is 0. The molecule has 0 bridgehead atoms. The molecule has 0 fully saturated rings. The van der Waals surface area contributed by atoms with Crippen LogP contribution in [0.25, 0.3) is 0 Å². The van der Waals surface area contributed by atoms with Crippen LogP contribution in [0.4, 0.5) is 0 Å². The molecule has 1 rings (SSSR count). The minimum absolute atomic E-state index is 0.716. The third kappa shape index (κ3) is 5.92. The normalized spacial score (nSPS) is 9.50. The van der Waals surface area contributed by atoms with Crippen molar-refractivity contribution in [2.24, 2.45) is 0 Å². The molecule has 16 heavy (non-hydrogen) atoms. The van der Waals surface area contributed by atoms with Crippen molar-refractivity contribution in [3.05, 3.63) is 35.4 Å². The standard InChI is InChI=1S/C11H16O.2C2H6/c1-4-9-7-5-6-8-10(9)11(2,3)12;2*1-2/h5-8,12H,4H2,1-3H3;2*1-2H3. The topological polar surface area (TPSA) is 20.2 Å². The molecule has 1 heteroatoms. The average Bonchev–Trinajstić information content (AvgIpc) is 2.33. The Morgan fingerprint density at radius 3 is 1.75 bits per heavy atom. The number of aliphatic hydroxyl groups is 1. The number of benzene rings is 1. The SMILES string of the molecule is CC.CC.CCc1ccccc1C(C)(C)O. The summed E-state index contributed by atoms with van der Waals surface area (Å²) in [4.78, 5) is 0. The van der Waals surface area contributed by atoms with Crippen LogP contribution in [0.3, 0.4) is 0 Å². The van der Waals surface area contributed by atoms with Gasteiger partial charge in [0.15, 0.2) is 0 Å². The summed E-state index contributed by atoms with van der Waals surface area (Å²) in [5.41, 5.74) is 1.55. The highest BCUT2D eigenvalue weighted by Gasteiger charge is 2.17. The second-order valence-corrected chi connectivity index (χ2v) is 3.57. The maximum Gasteiger partial charge on any atom is 0.0843 e. The third-order valence-corrected chi connectivity index (χ3v) is 2.06. The predicted octanol–water partition coefficient (Wildman–Crippen LogP) is 4.53. The Kier molecular flexibility index (Phi) is 10.3. The van der Waals surface area contributed by atoms with Crippen LogP contribution in [0.1, 0.15) is 59.6 Å². The van der Waals surface area contributed by atoms with Gasteiger partial charge in [-0.25, -0.2) is 0 Å². The molecule has 0 aromatic heterocycles. The minimum Gasteiger partial charge on any atom is -0.386 e. The Morgan fingerprint density at radius 1 is 1.00 bits per heavy atom. The van der Waals surface area contributed by atoms with Crippen molar-refractivity contribution in [3.63, 3.8) is 0 Å². The molecule has 0 saturated carbocycles. The highest BCUT2D eigenvalue weighted by Crippen LogP contribution is 2.23. The van der Waals surface area contributed by atoms with Crippen LogP contribution in [-0.2, 0) is 12.0 Å². The van der Waals surface area contributed by atoms with E-state index in [0.717, 1.165) is 12.0 Å². The second-order valence-electron chi connectivity index (χ2n) is 3.57. The molecular formula is C15H28O. The number of aryl methyl sites for hydroxylation is 1. The molecule has 1 aromatic rings.